The lowest BCUT2D eigenvalue weighted by atomic mass is 10.2. The van der Waals surface area contributed by atoms with Crippen molar-refractivity contribution in [3.05, 3.63) is 82.6 Å². The second-order valence-electron chi connectivity index (χ2n) is 6.41. The zero-order chi connectivity index (χ0) is 19.1. The Labute approximate surface area is 164 Å². The number of thiophene rings is 1. The number of anilines is 1. The van der Waals surface area contributed by atoms with Gasteiger partial charge in [-0.15, -0.1) is 11.3 Å². The quantitative estimate of drug-likeness (QED) is 0.578. The van der Waals surface area contributed by atoms with Crippen LogP contribution >= 0.6 is 11.3 Å². The number of amides is 1. The van der Waals surface area contributed by atoms with Crippen LogP contribution < -0.4 is 15.4 Å². The zero-order valence-electron chi connectivity index (χ0n) is 15.5. The molecule has 0 aliphatic rings. The molecule has 0 spiro atoms. The van der Waals surface area contributed by atoms with Crippen molar-refractivity contribution in [2.75, 3.05) is 5.32 Å². The Bertz CT molecular complexity index is 833. The molecular formula is C22H24N2O2S. The normalized spacial score (nSPS) is 13.0. The van der Waals surface area contributed by atoms with Crippen molar-refractivity contribution < 1.29 is 9.53 Å². The Balaban J connectivity index is 1.49. The van der Waals surface area contributed by atoms with Gasteiger partial charge in [-0.3, -0.25) is 10.1 Å². The van der Waals surface area contributed by atoms with Crippen LogP contribution in [0.3, 0.4) is 0 Å². The van der Waals surface area contributed by atoms with Crippen molar-refractivity contribution in [2.24, 2.45) is 0 Å². The van der Waals surface area contributed by atoms with E-state index in [0.29, 0.717) is 6.61 Å². The molecule has 2 N–H and O–H groups in total. The van der Waals surface area contributed by atoms with Gasteiger partial charge in [-0.1, -0.05) is 36.4 Å². The standard InChI is InChI=1S/C22H24N2O2S/c1-16(21-9-6-14-27-21)23-17(2)22(25)24-19-10-12-20(13-11-19)26-15-18-7-4-3-5-8-18/h3-14,16-17,23H,15H2,1-2H3,(H,24,25). The van der Waals surface area contributed by atoms with E-state index in [0.717, 1.165) is 17.0 Å². The van der Waals surface area contributed by atoms with Crippen molar-refractivity contribution in [3.63, 3.8) is 0 Å². The van der Waals surface area contributed by atoms with Crippen molar-refractivity contribution >= 4 is 22.9 Å². The van der Waals surface area contributed by atoms with E-state index in [1.54, 1.807) is 11.3 Å². The largest absolute Gasteiger partial charge is 0.489 e. The first-order chi connectivity index (χ1) is 13.1. The number of rotatable bonds is 8. The van der Waals surface area contributed by atoms with Crippen LogP contribution in [0.25, 0.3) is 0 Å². The van der Waals surface area contributed by atoms with Crippen LogP contribution in [-0.4, -0.2) is 11.9 Å². The average molecular weight is 381 g/mol. The molecule has 0 saturated heterocycles. The smallest absolute Gasteiger partial charge is 0.241 e. The first-order valence-corrected chi connectivity index (χ1v) is 9.87. The van der Waals surface area contributed by atoms with Gasteiger partial charge in [0.2, 0.25) is 5.91 Å². The minimum atomic E-state index is -0.295. The molecule has 0 bridgehead atoms. The predicted octanol–water partition coefficient (Wildman–Crippen LogP) is 5.00. The van der Waals surface area contributed by atoms with Gasteiger partial charge in [0.25, 0.3) is 0 Å². The van der Waals surface area contributed by atoms with Crippen LogP contribution in [0.15, 0.2) is 72.1 Å². The van der Waals surface area contributed by atoms with E-state index < -0.39 is 0 Å². The number of benzene rings is 2. The molecule has 140 valence electrons. The minimum Gasteiger partial charge on any atom is -0.489 e. The summed E-state index contributed by atoms with van der Waals surface area (Å²) in [5, 5.41) is 8.31. The van der Waals surface area contributed by atoms with Gasteiger partial charge in [0.15, 0.2) is 0 Å². The summed E-state index contributed by atoms with van der Waals surface area (Å²) in [6.07, 6.45) is 0. The third-order valence-electron chi connectivity index (χ3n) is 4.23. The SMILES string of the molecule is CC(NC(C)c1cccs1)C(=O)Nc1ccc(OCc2ccccc2)cc1. The topological polar surface area (TPSA) is 50.4 Å². The van der Waals surface area contributed by atoms with Crippen LogP contribution in [0.1, 0.15) is 30.3 Å². The fourth-order valence-corrected chi connectivity index (χ4v) is 3.44. The lowest BCUT2D eigenvalue weighted by Crippen LogP contribution is -2.39. The van der Waals surface area contributed by atoms with Crippen LogP contribution in [0, 0.1) is 0 Å². The number of carbonyl (C=O) groups is 1. The molecule has 2 aromatic carbocycles. The Hall–Kier alpha value is -2.63. The molecule has 4 nitrogen and oxygen atoms in total. The Kier molecular flexibility index (Phi) is 6.63. The fourth-order valence-electron chi connectivity index (χ4n) is 2.70. The summed E-state index contributed by atoms with van der Waals surface area (Å²) in [5.74, 6) is 0.714. The minimum absolute atomic E-state index is 0.0589. The average Bonchev–Trinajstić information content (AvgIpc) is 3.23. The molecule has 0 aliphatic heterocycles. The zero-order valence-corrected chi connectivity index (χ0v) is 16.3. The van der Waals surface area contributed by atoms with Gasteiger partial charge >= 0.3 is 0 Å². The second kappa shape index (κ2) is 9.35. The van der Waals surface area contributed by atoms with E-state index in [1.807, 2.05) is 73.0 Å². The Morgan fingerprint density at radius 3 is 2.41 bits per heavy atom. The predicted molar refractivity (Wildman–Crippen MR) is 111 cm³/mol. The molecule has 3 aromatic rings. The summed E-state index contributed by atoms with van der Waals surface area (Å²) in [6.45, 7) is 4.46. The number of nitrogens with one attached hydrogen (secondary N) is 2. The summed E-state index contributed by atoms with van der Waals surface area (Å²) < 4.78 is 5.77. The van der Waals surface area contributed by atoms with Gasteiger partial charge in [-0.05, 0) is 55.1 Å². The summed E-state index contributed by atoms with van der Waals surface area (Å²) >= 11 is 1.69. The number of ether oxygens (including phenoxy) is 1. The van der Waals surface area contributed by atoms with E-state index in [-0.39, 0.29) is 18.0 Å². The molecular weight excluding hydrogens is 356 g/mol. The van der Waals surface area contributed by atoms with Gasteiger partial charge in [-0.25, -0.2) is 0 Å². The Morgan fingerprint density at radius 1 is 1.00 bits per heavy atom. The van der Waals surface area contributed by atoms with Gasteiger partial charge in [0.1, 0.15) is 12.4 Å². The first kappa shape index (κ1) is 19.1. The van der Waals surface area contributed by atoms with E-state index in [4.69, 9.17) is 4.74 Å². The molecule has 3 rings (SSSR count). The second-order valence-corrected chi connectivity index (χ2v) is 7.39. The highest BCUT2D eigenvalue weighted by Crippen LogP contribution is 2.20. The van der Waals surface area contributed by atoms with Gasteiger partial charge in [0.05, 0.1) is 6.04 Å². The maximum Gasteiger partial charge on any atom is 0.241 e. The van der Waals surface area contributed by atoms with Crippen LogP contribution in [0.2, 0.25) is 0 Å². The molecule has 2 unspecified atom stereocenters. The highest BCUT2D eigenvalue weighted by atomic mass is 32.1. The molecule has 5 heteroatoms. The maximum atomic E-state index is 12.4. The van der Waals surface area contributed by atoms with Gasteiger partial charge in [-0.2, -0.15) is 0 Å². The number of hydrogen-bond donors (Lipinski definition) is 2. The van der Waals surface area contributed by atoms with Crippen molar-refractivity contribution in [2.45, 2.75) is 32.5 Å². The maximum absolute atomic E-state index is 12.4. The molecule has 0 fully saturated rings. The summed E-state index contributed by atoms with van der Waals surface area (Å²) in [7, 11) is 0. The molecule has 27 heavy (non-hydrogen) atoms. The molecule has 1 amide bonds. The summed E-state index contributed by atoms with van der Waals surface area (Å²) in [5.41, 5.74) is 1.87. The molecule has 0 aliphatic carbocycles. The molecule has 0 radical (unpaired) electrons. The highest BCUT2D eigenvalue weighted by Gasteiger charge is 2.16. The van der Waals surface area contributed by atoms with Gasteiger partial charge in [0, 0.05) is 16.6 Å². The monoisotopic (exact) mass is 380 g/mol. The van der Waals surface area contributed by atoms with Crippen molar-refractivity contribution in [1.29, 1.82) is 0 Å². The Morgan fingerprint density at radius 2 is 1.74 bits per heavy atom. The van der Waals surface area contributed by atoms with Crippen LogP contribution in [-0.2, 0) is 11.4 Å². The van der Waals surface area contributed by atoms with Crippen molar-refractivity contribution in [3.8, 4) is 5.75 Å². The molecule has 1 heterocycles. The van der Waals surface area contributed by atoms with Crippen LogP contribution in [0.4, 0.5) is 5.69 Å². The lowest BCUT2D eigenvalue weighted by Gasteiger charge is -2.19. The van der Waals surface area contributed by atoms with E-state index in [2.05, 4.69) is 23.6 Å². The van der Waals surface area contributed by atoms with Gasteiger partial charge < -0.3 is 10.1 Å². The third kappa shape index (κ3) is 5.67. The van der Waals surface area contributed by atoms with E-state index >= 15 is 0 Å². The fraction of sp³-hybridized carbons (Fsp3) is 0.227. The highest BCUT2D eigenvalue weighted by molar-refractivity contribution is 7.10. The summed E-state index contributed by atoms with van der Waals surface area (Å²) in [4.78, 5) is 13.6. The van der Waals surface area contributed by atoms with E-state index in [9.17, 15) is 4.79 Å². The van der Waals surface area contributed by atoms with Crippen LogP contribution in [0.5, 0.6) is 5.75 Å². The number of carbonyl (C=O) groups excluding carboxylic acids is 1. The third-order valence-corrected chi connectivity index (χ3v) is 5.29. The van der Waals surface area contributed by atoms with Crippen molar-refractivity contribution in [1.82, 2.24) is 5.32 Å². The lowest BCUT2D eigenvalue weighted by molar-refractivity contribution is -0.117. The summed E-state index contributed by atoms with van der Waals surface area (Å²) in [6, 6.07) is 21.4. The number of hydrogen-bond acceptors (Lipinski definition) is 4. The molecule has 0 saturated carbocycles. The first-order valence-electron chi connectivity index (χ1n) is 8.99. The molecule has 2 atom stereocenters. The van der Waals surface area contributed by atoms with E-state index in [1.165, 1.54) is 4.88 Å². The molecule has 1 aromatic heterocycles.